The zero-order chi connectivity index (χ0) is 23.5. The second-order valence-corrected chi connectivity index (χ2v) is 8.78. The van der Waals surface area contributed by atoms with Crippen LogP contribution in [0.2, 0.25) is 0 Å². The van der Waals surface area contributed by atoms with Crippen LogP contribution in [0.5, 0.6) is 5.75 Å². The molecule has 0 aliphatic carbocycles. The van der Waals surface area contributed by atoms with Crippen LogP contribution in [0.15, 0.2) is 48.7 Å². The summed E-state index contributed by atoms with van der Waals surface area (Å²) >= 11 is 0. The molecule has 174 valence electrons. The summed E-state index contributed by atoms with van der Waals surface area (Å²) in [5.74, 6) is 0.347. The predicted octanol–water partition coefficient (Wildman–Crippen LogP) is 4.30. The van der Waals surface area contributed by atoms with E-state index in [2.05, 4.69) is 11.9 Å². The molecule has 6 nitrogen and oxygen atoms in total. The number of hydrogen-bond donors (Lipinski definition) is 0. The van der Waals surface area contributed by atoms with Crippen molar-refractivity contribution in [2.75, 3.05) is 33.8 Å². The number of rotatable bonds is 8. The molecule has 0 unspecified atom stereocenters. The Morgan fingerprint density at radius 2 is 2.03 bits per heavy atom. The minimum atomic E-state index is -0.413. The Morgan fingerprint density at radius 1 is 1.24 bits per heavy atom. The summed E-state index contributed by atoms with van der Waals surface area (Å²) in [5, 5.41) is 4.85. The second kappa shape index (κ2) is 9.75. The first-order valence-electron chi connectivity index (χ1n) is 11.3. The highest BCUT2D eigenvalue weighted by Crippen LogP contribution is 2.29. The molecule has 1 fully saturated rings. The van der Waals surface area contributed by atoms with Crippen LogP contribution in [0.25, 0.3) is 16.9 Å². The van der Waals surface area contributed by atoms with Gasteiger partial charge in [-0.1, -0.05) is 18.2 Å². The van der Waals surface area contributed by atoms with E-state index in [-0.39, 0.29) is 11.7 Å². The van der Waals surface area contributed by atoms with Crippen molar-refractivity contribution in [3.63, 3.8) is 0 Å². The van der Waals surface area contributed by atoms with E-state index >= 15 is 0 Å². The molecule has 1 aromatic heterocycles. The van der Waals surface area contributed by atoms with Crippen molar-refractivity contribution in [1.82, 2.24) is 19.6 Å². The molecule has 33 heavy (non-hydrogen) atoms. The smallest absolute Gasteiger partial charge is 0.222 e. The van der Waals surface area contributed by atoms with Crippen LogP contribution in [0.3, 0.4) is 0 Å². The molecule has 0 bridgehead atoms. The van der Waals surface area contributed by atoms with Crippen molar-refractivity contribution in [2.24, 2.45) is 5.92 Å². The fourth-order valence-corrected chi connectivity index (χ4v) is 4.60. The largest absolute Gasteiger partial charge is 0.494 e. The monoisotopic (exact) mass is 450 g/mol. The van der Waals surface area contributed by atoms with E-state index in [4.69, 9.17) is 9.84 Å². The van der Waals surface area contributed by atoms with Gasteiger partial charge in [0.25, 0.3) is 0 Å². The highest BCUT2D eigenvalue weighted by Gasteiger charge is 2.29. The van der Waals surface area contributed by atoms with Crippen LogP contribution < -0.4 is 4.74 Å². The van der Waals surface area contributed by atoms with Gasteiger partial charge < -0.3 is 14.5 Å². The third-order valence-electron chi connectivity index (χ3n) is 6.26. The summed E-state index contributed by atoms with van der Waals surface area (Å²) in [4.78, 5) is 16.3. The summed E-state index contributed by atoms with van der Waals surface area (Å²) in [5.41, 5.74) is 4.54. The molecule has 1 saturated heterocycles. The Hall–Kier alpha value is -3.19. The van der Waals surface area contributed by atoms with Crippen LogP contribution in [-0.4, -0.2) is 59.3 Å². The molecule has 1 atom stereocenters. The molecule has 3 aromatic rings. The number of hydrogen-bond acceptors (Lipinski definition) is 4. The molecule has 0 saturated carbocycles. The van der Waals surface area contributed by atoms with Crippen molar-refractivity contribution in [2.45, 2.75) is 26.8 Å². The van der Waals surface area contributed by atoms with Crippen molar-refractivity contribution in [3.05, 3.63) is 65.6 Å². The van der Waals surface area contributed by atoms with E-state index in [0.717, 1.165) is 42.1 Å². The number of methoxy groups -OCH3 is 1. The maximum atomic E-state index is 14.5. The van der Waals surface area contributed by atoms with Gasteiger partial charge in [-0.05, 0) is 56.6 Å². The third-order valence-corrected chi connectivity index (χ3v) is 6.26. The lowest BCUT2D eigenvalue weighted by atomic mass is 10.1. The number of nitrogens with zero attached hydrogens (tertiary/aromatic N) is 4. The molecular weight excluding hydrogens is 419 g/mol. The summed E-state index contributed by atoms with van der Waals surface area (Å²) in [6.45, 7) is 7.09. The number of aryl methyl sites for hydroxylation is 1. The average Bonchev–Trinajstić information content (AvgIpc) is 3.36. The number of benzene rings is 2. The standard InChI is InChI=1S/C26H31FN4O2/c1-5-30-15-19(12-25(30)32)14-29(3)16-21-17-31(23-9-7-6-8-18(23)2)28-26(21)20-10-11-24(33-4)22(27)13-20/h6-11,13,17,19H,5,12,14-16H2,1-4H3/t19-/m0/s1. The maximum absolute atomic E-state index is 14.5. The topological polar surface area (TPSA) is 50.6 Å². The average molecular weight is 451 g/mol. The molecule has 2 heterocycles. The maximum Gasteiger partial charge on any atom is 0.222 e. The van der Waals surface area contributed by atoms with Gasteiger partial charge in [0.2, 0.25) is 5.91 Å². The number of ether oxygens (including phenoxy) is 1. The van der Waals surface area contributed by atoms with Crippen molar-refractivity contribution >= 4 is 5.91 Å². The molecule has 4 rings (SSSR count). The number of carbonyl (C=O) groups is 1. The first kappa shape index (κ1) is 23.0. The Balaban J connectivity index is 1.63. The van der Waals surface area contributed by atoms with Crippen LogP contribution >= 0.6 is 0 Å². The second-order valence-electron chi connectivity index (χ2n) is 8.78. The molecular formula is C26H31FN4O2. The third kappa shape index (κ3) is 4.93. The Bertz CT molecular complexity index is 1140. The molecule has 0 radical (unpaired) electrons. The van der Waals surface area contributed by atoms with Gasteiger partial charge in [-0.3, -0.25) is 4.79 Å². The van der Waals surface area contributed by atoms with Crippen LogP contribution in [-0.2, 0) is 11.3 Å². The number of halogens is 1. The van der Waals surface area contributed by atoms with Crippen molar-refractivity contribution in [3.8, 4) is 22.7 Å². The van der Waals surface area contributed by atoms with Gasteiger partial charge in [-0.2, -0.15) is 5.10 Å². The fourth-order valence-electron chi connectivity index (χ4n) is 4.60. The first-order chi connectivity index (χ1) is 15.9. The number of para-hydroxylation sites is 1. The van der Waals surface area contributed by atoms with Crippen LogP contribution in [0.4, 0.5) is 4.39 Å². The number of carbonyl (C=O) groups excluding carboxylic acids is 1. The van der Waals surface area contributed by atoms with Gasteiger partial charge in [0, 0.05) is 49.9 Å². The Kier molecular flexibility index (Phi) is 6.79. The predicted molar refractivity (Wildman–Crippen MR) is 127 cm³/mol. The number of aromatic nitrogens is 2. The molecule has 2 aromatic carbocycles. The summed E-state index contributed by atoms with van der Waals surface area (Å²) in [6, 6.07) is 13.0. The normalized spacial score (nSPS) is 16.1. The van der Waals surface area contributed by atoms with Crippen LogP contribution in [0.1, 0.15) is 24.5 Å². The summed E-state index contributed by atoms with van der Waals surface area (Å²) in [7, 11) is 3.52. The van der Waals surface area contributed by atoms with Gasteiger partial charge in [0.05, 0.1) is 18.5 Å². The zero-order valence-electron chi connectivity index (χ0n) is 19.7. The first-order valence-corrected chi connectivity index (χ1v) is 11.3. The quantitative estimate of drug-likeness (QED) is 0.514. The van der Waals surface area contributed by atoms with Crippen LogP contribution in [0, 0.1) is 18.7 Å². The molecule has 1 amide bonds. The van der Waals surface area contributed by atoms with E-state index in [1.165, 1.54) is 13.2 Å². The van der Waals surface area contributed by atoms with E-state index in [1.807, 2.05) is 60.0 Å². The minimum absolute atomic E-state index is 0.210. The van der Waals surface area contributed by atoms with E-state index in [1.54, 1.807) is 6.07 Å². The number of amides is 1. The van der Waals surface area contributed by atoms with Gasteiger partial charge in [0.15, 0.2) is 11.6 Å². The molecule has 7 heteroatoms. The lowest BCUT2D eigenvalue weighted by Gasteiger charge is -2.21. The lowest BCUT2D eigenvalue weighted by molar-refractivity contribution is -0.127. The molecule has 1 aliphatic rings. The van der Waals surface area contributed by atoms with Crippen molar-refractivity contribution in [1.29, 1.82) is 0 Å². The Morgan fingerprint density at radius 3 is 2.70 bits per heavy atom. The van der Waals surface area contributed by atoms with Gasteiger partial charge in [-0.25, -0.2) is 9.07 Å². The SMILES string of the molecule is CCN1C[C@H](CN(C)Cc2cn(-c3ccccc3C)nc2-c2ccc(OC)c(F)c2)CC1=O. The molecule has 0 spiro atoms. The number of likely N-dealkylation sites (tertiary alicyclic amines) is 1. The van der Waals surface area contributed by atoms with E-state index < -0.39 is 5.82 Å². The minimum Gasteiger partial charge on any atom is -0.494 e. The highest BCUT2D eigenvalue weighted by atomic mass is 19.1. The van der Waals surface area contributed by atoms with Gasteiger partial charge in [-0.15, -0.1) is 0 Å². The van der Waals surface area contributed by atoms with Crippen molar-refractivity contribution < 1.29 is 13.9 Å². The fraction of sp³-hybridized carbons (Fsp3) is 0.385. The molecule has 0 N–H and O–H groups in total. The van der Waals surface area contributed by atoms with Gasteiger partial charge >= 0.3 is 0 Å². The summed E-state index contributed by atoms with van der Waals surface area (Å²) in [6.07, 6.45) is 2.62. The highest BCUT2D eigenvalue weighted by molar-refractivity contribution is 5.78. The molecule has 1 aliphatic heterocycles. The van der Waals surface area contributed by atoms with E-state index in [0.29, 0.717) is 24.4 Å². The van der Waals surface area contributed by atoms with Gasteiger partial charge in [0.1, 0.15) is 0 Å². The summed E-state index contributed by atoms with van der Waals surface area (Å²) < 4.78 is 21.4. The zero-order valence-corrected chi connectivity index (χ0v) is 19.7. The Labute approximate surface area is 194 Å². The van der Waals surface area contributed by atoms with E-state index in [9.17, 15) is 9.18 Å². The lowest BCUT2D eigenvalue weighted by Crippen LogP contribution is -2.28.